The molecule has 9 aliphatic rings. The van der Waals surface area contributed by atoms with E-state index in [9.17, 15) is 14.7 Å². The van der Waals surface area contributed by atoms with E-state index in [0.717, 1.165) is 123 Å². The molecule has 8 unspecified atom stereocenters. The summed E-state index contributed by atoms with van der Waals surface area (Å²) in [7, 11) is 3.80. The van der Waals surface area contributed by atoms with Gasteiger partial charge < -0.3 is 19.9 Å². The summed E-state index contributed by atoms with van der Waals surface area (Å²) in [6.07, 6.45) is 18.9. The second-order valence-corrected chi connectivity index (χ2v) is 18.7. The summed E-state index contributed by atoms with van der Waals surface area (Å²) in [5, 5.41) is 17.6. The predicted octanol–water partition coefficient (Wildman–Crippen LogP) is 7.55. The quantitative estimate of drug-likeness (QED) is 0.199. The third kappa shape index (κ3) is 5.52. The third-order valence-corrected chi connectivity index (χ3v) is 16.2. The summed E-state index contributed by atoms with van der Waals surface area (Å²) in [6, 6.07) is 0. The number of cyclic esters (lactones) is 1. The van der Waals surface area contributed by atoms with E-state index >= 15 is 0 Å². The highest BCUT2D eigenvalue weighted by molar-refractivity contribution is 8.76. The van der Waals surface area contributed by atoms with Crippen LogP contribution in [0.2, 0.25) is 0 Å². The van der Waals surface area contributed by atoms with Crippen molar-refractivity contribution in [1.29, 1.82) is 0 Å². The van der Waals surface area contributed by atoms with Gasteiger partial charge >= 0.3 is 11.9 Å². The number of aliphatic hydroxyl groups excluding tert-OH is 1. The molecule has 2 saturated heterocycles. The zero-order chi connectivity index (χ0) is 33.0. The van der Waals surface area contributed by atoms with Crippen LogP contribution in [-0.4, -0.2) is 48.0 Å². The second kappa shape index (κ2) is 13.6. The molecule has 0 aromatic carbocycles. The highest BCUT2D eigenvalue weighted by Gasteiger charge is 2.69. The highest BCUT2D eigenvalue weighted by atomic mass is 33.1. The van der Waals surface area contributed by atoms with Crippen LogP contribution >= 0.6 is 21.6 Å². The van der Waals surface area contributed by atoms with Gasteiger partial charge in [-0.2, -0.15) is 0 Å². The number of rotatable bonds is 5. The first-order valence-electron chi connectivity index (χ1n) is 19.1. The topological polar surface area (TPSA) is 96.9 Å². The number of hydrogen-bond donors (Lipinski definition) is 3. The van der Waals surface area contributed by atoms with Crippen molar-refractivity contribution in [1.82, 2.24) is 10.6 Å². The number of allylic oxidation sites excluding steroid dienone is 5. The van der Waals surface area contributed by atoms with Gasteiger partial charge in [-0.15, -0.1) is 0 Å². The summed E-state index contributed by atoms with van der Waals surface area (Å²) in [4.78, 5) is 28.6. The van der Waals surface area contributed by atoms with Crippen LogP contribution in [-0.2, 0) is 19.1 Å². The second-order valence-electron chi connectivity index (χ2n) is 16.2. The minimum Gasteiger partial charge on any atom is -0.427 e. The van der Waals surface area contributed by atoms with E-state index in [0.29, 0.717) is 11.8 Å². The molecule has 8 atom stereocenters. The van der Waals surface area contributed by atoms with Gasteiger partial charge in [0.1, 0.15) is 11.5 Å². The van der Waals surface area contributed by atoms with E-state index < -0.39 is 5.41 Å². The molecule has 7 bridgehead atoms. The molecule has 5 aliphatic carbocycles. The Bertz CT molecular complexity index is 1450. The van der Waals surface area contributed by atoms with Crippen molar-refractivity contribution in [3.8, 4) is 0 Å². The molecule has 4 aliphatic heterocycles. The van der Waals surface area contributed by atoms with Gasteiger partial charge in [-0.05, 0) is 131 Å². The zero-order valence-electron chi connectivity index (χ0n) is 28.8. The molecule has 4 heterocycles. The molecule has 7 nitrogen and oxygen atoms in total. The molecule has 0 amide bonds. The smallest absolute Gasteiger partial charge is 0.340 e. The Hall–Kier alpha value is -1.52. The van der Waals surface area contributed by atoms with Crippen LogP contribution in [0.1, 0.15) is 104 Å². The maximum atomic E-state index is 14.5. The summed E-state index contributed by atoms with van der Waals surface area (Å²) in [5.41, 5.74) is 3.71. The first kappa shape index (κ1) is 33.6. The number of nitrogens with one attached hydrogen (secondary N) is 2. The standard InChI is InChI=1S/C39H54N2O5S2/c1-3-38(14-4-5-15-38)20-29-28-10-9-27-26-12-16-39(34(27)33(28)36(43)45-29)30-11-8-23(2)21-47-48-22-41-31-19-24(13-17-40-31)25(7-6-18-42)32(26)35(39)37(44)46-30/h11,20,23-27,31,34,40-42H,3-10,12-19,21-22H2,1-2H3. The number of carbonyl (C=O) groups excluding carboxylic acids is 2. The van der Waals surface area contributed by atoms with Crippen molar-refractivity contribution in [2.75, 3.05) is 24.8 Å². The Kier molecular flexibility index (Phi) is 9.49. The fraction of sp³-hybridized carbons (Fsp3) is 0.744. The van der Waals surface area contributed by atoms with Crippen molar-refractivity contribution in [3.05, 3.63) is 46.0 Å². The lowest BCUT2D eigenvalue weighted by Gasteiger charge is -2.58. The van der Waals surface area contributed by atoms with Crippen molar-refractivity contribution in [2.24, 2.45) is 46.3 Å². The molecule has 0 aromatic rings. The van der Waals surface area contributed by atoms with Gasteiger partial charge in [0.2, 0.25) is 0 Å². The number of piperidine rings is 1. The predicted molar refractivity (Wildman–Crippen MR) is 191 cm³/mol. The summed E-state index contributed by atoms with van der Waals surface area (Å²) in [5.74, 6) is 4.72. The van der Waals surface area contributed by atoms with Crippen LogP contribution in [0.3, 0.4) is 0 Å². The molecule has 2 saturated carbocycles. The minimum absolute atomic E-state index is 0.0870. The van der Waals surface area contributed by atoms with Crippen molar-refractivity contribution in [2.45, 2.75) is 110 Å². The fourth-order valence-electron chi connectivity index (χ4n) is 11.5. The largest absolute Gasteiger partial charge is 0.427 e. The number of hydrogen-bond acceptors (Lipinski definition) is 9. The molecular formula is C39H54N2O5S2. The van der Waals surface area contributed by atoms with Gasteiger partial charge in [0.15, 0.2) is 0 Å². The van der Waals surface area contributed by atoms with Gasteiger partial charge in [-0.1, -0.05) is 53.9 Å². The molecule has 262 valence electrons. The number of esters is 2. The van der Waals surface area contributed by atoms with E-state index in [4.69, 9.17) is 9.47 Å². The first-order chi connectivity index (χ1) is 23.4. The van der Waals surface area contributed by atoms with Crippen LogP contribution in [0, 0.1) is 46.3 Å². The summed E-state index contributed by atoms with van der Waals surface area (Å²) >= 11 is 0. The number of fused-ring (bicyclic) bond motifs is 3. The van der Waals surface area contributed by atoms with Crippen LogP contribution in [0.25, 0.3) is 0 Å². The van der Waals surface area contributed by atoms with E-state index in [1.165, 1.54) is 18.4 Å². The molecule has 4 fully saturated rings. The average molecular weight is 695 g/mol. The SMILES string of the molecule is CCC1(C=C2OC(=O)C3=C2CCC2C4CCC5(C6=CCC(C)CSSCNC7CC(CCN7)C(CCCO)C4=C5C(=O)O6)C32)CCCC1. The molecule has 1 spiro atoms. The Morgan fingerprint density at radius 2 is 1.92 bits per heavy atom. The minimum atomic E-state index is -0.613. The van der Waals surface area contributed by atoms with Crippen LogP contribution in [0.5, 0.6) is 0 Å². The lowest BCUT2D eigenvalue weighted by Crippen LogP contribution is -2.54. The zero-order valence-corrected chi connectivity index (χ0v) is 30.5. The maximum absolute atomic E-state index is 14.5. The van der Waals surface area contributed by atoms with Crippen LogP contribution in [0.4, 0.5) is 0 Å². The Labute approximate surface area is 294 Å². The van der Waals surface area contributed by atoms with Gasteiger partial charge in [-0.3, -0.25) is 5.32 Å². The van der Waals surface area contributed by atoms with Crippen molar-refractivity contribution >= 4 is 33.5 Å². The molecule has 9 heteroatoms. The third-order valence-electron chi connectivity index (χ3n) is 13.7. The van der Waals surface area contributed by atoms with E-state index in [1.807, 2.05) is 21.6 Å². The summed E-state index contributed by atoms with van der Waals surface area (Å²) < 4.78 is 12.8. The molecular weight excluding hydrogens is 641 g/mol. The maximum Gasteiger partial charge on any atom is 0.340 e. The van der Waals surface area contributed by atoms with E-state index in [1.54, 1.807) is 0 Å². The van der Waals surface area contributed by atoms with Crippen LogP contribution < -0.4 is 10.6 Å². The number of carbonyl (C=O) groups is 2. The first-order valence-corrected chi connectivity index (χ1v) is 21.6. The number of ether oxygens (including phenoxy) is 2. The monoisotopic (exact) mass is 694 g/mol. The highest BCUT2D eigenvalue weighted by Crippen LogP contribution is 2.72. The number of aliphatic hydroxyl groups is 1. The van der Waals surface area contributed by atoms with Gasteiger partial charge in [0, 0.05) is 29.4 Å². The van der Waals surface area contributed by atoms with E-state index in [-0.39, 0.29) is 53.8 Å². The lowest BCUT2D eigenvalue weighted by molar-refractivity contribution is -0.135. The Morgan fingerprint density at radius 3 is 2.73 bits per heavy atom. The summed E-state index contributed by atoms with van der Waals surface area (Å²) in [6.45, 7) is 5.67. The average Bonchev–Trinajstić information content (AvgIpc) is 3.78. The Morgan fingerprint density at radius 1 is 1.06 bits per heavy atom. The van der Waals surface area contributed by atoms with Gasteiger partial charge in [0.25, 0.3) is 0 Å². The molecule has 0 aromatic heterocycles. The molecule has 0 radical (unpaired) electrons. The Balaban J connectivity index is 1.30. The molecule has 3 N–H and O–H groups in total. The van der Waals surface area contributed by atoms with Crippen LogP contribution in [0.15, 0.2) is 46.0 Å². The van der Waals surface area contributed by atoms with Crippen molar-refractivity contribution < 1.29 is 24.2 Å². The van der Waals surface area contributed by atoms with E-state index in [2.05, 4.69) is 36.6 Å². The normalized spacial score (nSPS) is 40.1. The fourth-order valence-corrected chi connectivity index (χ4v) is 13.7. The van der Waals surface area contributed by atoms with Gasteiger partial charge in [-0.25, -0.2) is 9.59 Å². The molecule has 48 heavy (non-hydrogen) atoms. The van der Waals surface area contributed by atoms with Gasteiger partial charge in [0.05, 0.1) is 23.0 Å². The lowest BCUT2D eigenvalue weighted by atomic mass is 9.43. The van der Waals surface area contributed by atoms with Crippen molar-refractivity contribution in [3.63, 3.8) is 0 Å². The molecule has 9 rings (SSSR count).